The topological polar surface area (TPSA) is 29.5 Å². The summed E-state index contributed by atoms with van der Waals surface area (Å²) in [5.41, 5.74) is 1.00. The van der Waals surface area contributed by atoms with Gasteiger partial charge in [0.05, 0.1) is 7.11 Å². The van der Waals surface area contributed by atoms with E-state index in [9.17, 15) is 4.79 Å². The maximum Gasteiger partial charge on any atom is 0.220 e. The highest BCUT2D eigenvalue weighted by atomic mass is 16.5. The summed E-state index contributed by atoms with van der Waals surface area (Å²) in [6.07, 6.45) is 1.72. The second-order valence-electron chi connectivity index (χ2n) is 3.50. The van der Waals surface area contributed by atoms with Gasteiger partial charge in [0.25, 0.3) is 0 Å². The zero-order valence-corrected chi connectivity index (χ0v) is 9.77. The summed E-state index contributed by atoms with van der Waals surface area (Å²) >= 11 is 0. The highest BCUT2D eigenvalue weighted by Gasteiger charge is 2.10. The van der Waals surface area contributed by atoms with Crippen LogP contribution in [-0.2, 0) is 11.3 Å². The highest BCUT2D eigenvalue weighted by molar-refractivity contribution is 5.73. The van der Waals surface area contributed by atoms with Gasteiger partial charge in [-0.25, -0.2) is 0 Å². The van der Waals surface area contributed by atoms with Crippen LogP contribution in [0.4, 0.5) is 0 Å². The molecule has 3 heteroatoms. The van der Waals surface area contributed by atoms with Crippen LogP contribution in [0, 0.1) is 0 Å². The third-order valence-electron chi connectivity index (χ3n) is 2.35. The van der Waals surface area contributed by atoms with E-state index in [-0.39, 0.29) is 5.91 Å². The number of nitrogens with zero attached hydrogens (tertiary/aromatic N) is 1. The fourth-order valence-electron chi connectivity index (χ4n) is 1.50. The van der Waals surface area contributed by atoms with Crippen LogP contribution >= 0.6 is 0 Å². The molecule has 3 nitrogen and oxygen atoms in total. The molecule has 0 radical (unpaired) electrons. The smallest absolute Gasteiger partial charge is 0.220 e. The molecular formula is C13H17NO2. The summed E-state index contributed by atoms with van der Waals surface area (Å²) in [5.74, 6) is 0.837. The first-order chi connectivity index (χ1) is 7.69. The van der Waals surface area contributed by atoms with Crippen molar-refractivity contribution in [1.82, 2.24) is 4.90 Å². The summed E-state index contributed by atoms with van der Waals surface area (Å²) in [4.78, 5) is 13.1. The molecule has 0 unspecified atom stereocenters. The van der Waals surface area contributed by atoms with E-state index in [1.54, 1.807) is 25.0 Å². The predicted octanol–water partition coefficient (Wildman–Crippen LogP) is 2.23. The zero-order chi connectivity index (χ0) is 12.0. The molecule has 1 aromatic rings. The minimum Gasteiger partial charge on any atom is -0.496 e. The largest absolute Gasteiger partial charge is 0.496 e. The molecule has 1 aromatic carbocycles. The van der Waals surface area contributed by atoms with Gasteiger partial charge in [0, 0.05) is 25.6 Å². The number of methoxy groups -OCH3 is 1. The van der Waals surface area contributed by atoms with E-state index in [1.165, 1.54) is 0 Å². The Labute approximate surface area is 96.3 Å². The van der Waals surface area contributed by atoms with Crippen LogP contribution < -0.4 is 4.74 Å². The quantitative estimate of drug-likeness (QED) is 0.711. The molecule has 0 bridgehead atoms. The predicted molar refractivity (Wildman–Crippen MR) is 64.3 cm³/mol. The average Bonchev–Trinajstić information content (AvgIpc) is 2.29. The molecule has 0 atom stereocenters. The first-order valence-corrected chi connectivity index (χ1v) is 5.17. The fourth-order valence-corrected chi connectivity index (χ4v) is 1.50. The van der Waals surface area contributed by atoms with E-state index in [0.29, 0.717) is 13.1 Å². The van der Waals surface area contributed by atoms with Gasteiger partial charge in [-0.1, -0.05) is 24.3 Å². The molecular weight excluding hydrogens is 202 g/mol. The van der Waals surface area contributed by atoms with E-state index in [2.05, 4.69) is 6.58 Å². The number of hydrogen-bond donors (Lipinski definition) is 0. The van der Waals surface area contributed by atoms with Crippen LogP contribution in [0.15, 0.2) is 36.9 Å². The Bertz CT molecular complexity index is 374. The Morgan fingerprint density at radius 2 is 2.19 bits per heavy atom. The lowest BCUT2D eigenvalue weighted by Crippen LogP contribution is -2.28. The number of carbonyl (C=O) groups excluding carboxylic acids is 1. The molecule has 0 spiro atoms. The van der Waals surface area contributed by atoms with Gasteiger partial charge >= 0.3 is 0 Å². The Morgan fingerprint density at radius 1 is 1.50 bits per heavy atom. The summed E-state index contributed by atoms with van der Waals surface area (Å²) in [7, 11) is 1.63. The summed E-state index contributed by atoms with van der Waals surface area (Å²) in [6.45, 7) is 6.29. The third kappa shape index (κ3) is 3.12. The van der Waals surface area contributed by atoms with Gasteiger partial charge in [0.1, 0.15) is 5.75 Å². The molecule has 0 saturated heterocycles. The second kappa shape index (κ2) is 5.95. The van der Waals surface area contributed by atoms with Crippen molar-refractivity contribution in [3.05, 3.63) is 42.5 Å². The van der Waals surface area contributed by atoms with E-state index in [1.807, 2.05) is 24.3 Å². The normalized spacial score (nSPS) is 9.62. The Balaban J connectivity index is 2.84. The number of para-hydroxylation sites is 1. The van der Waals surface area contributed by atoms with Gasteiger partial charge in [-0.3, -0.25) is 4.79 Å². The van der Waals surface area contributed by atoms with Crippen LogP contribution in [0.1, 0.15) is 12.5 Å². The summed E-state index contributed by atoms with van der Waals surface area (Å²) < 4.78 is 5.24. The molecule has 0 aromatic heterocycles. The number of carbonyl (C=O) groups is 1. The van der Waals surface area contributed by atoms with Crippen molar-refractivity contribution in [2.75, 3.05) is 13.7 Å². The van der Waals surface area contributed by atoms with Gasteiger partial charge in [-0.15, -0.1) is 6.58 Å². The van der Waals surface area contributed by atoms with Crippen LogP contribution in [0.2, 0.25) is 0 Å². The third-order valence-corrected chi connectivity index (χ3v) is 2.35. The monoisotopic (exact) mass is 219 g/mol. The van der Waals surface area contributed by atoms with Crippen molar-refractivity contribution in [3.8, 4) is 5.75 Å². The van der Waals surface area contributed by atoms with Crippen LogP contribution in [0.25, 0.3) is 0 Å². The lowest BCUT2D eigenvalue weighted by molar-refractivity contribution is -0.128. The summed E-state index contributed by atoms with van der Waals surface area (Å²) in [6, 6.07) is 7.69. The molecule has 0 N–H and O–H groups in total. The SMILES string of the molecule is C=CCN(Cc1ccccc1OC)C(C)=O. The second-order valence-corrected chi connectivity index (χ2v) is 3.50. The molecule has 16 heavy (non-hydrogen) atoms. The number of hydrogen-bond acceptors (Lipinski definition) is 2. The van der Waals surface area contributed by atoms with Gasteiger partial charge < -0.3 is 9.64 Å². The Morgan fingerprint density at radius 3 is 2.75 bits per heavy atom. The Hall–Kier alpha value is -1.77. The van der Waals surface area contributed by atoms with E-state index >= 15 is 0 Å². The average molecular weight is 219 g/mol. The molecule has 0 heterocycles. The van der Waals surface area contributed by atoms with Crippen molar-refractivity contribution in [2.45, 2.75) is 13.5 Å². The van der Waals surface area contributed by atoms with Crippen LogP contribution in [0.3, 0.4) is 0 Å². The highest BCUT2D eigenvalue weighted by Crippen LogP contribution is 2.19. The molecule has 1 amide bonds. The number of rotatable bonds is 5. The van der Waals surface area contributed by atoms with Gasteiger partial charge in [-0.05, 0) is 6.07 Å². The van der Waals surface area contributed by atoms with E-state index < -0.39 is 0 Å². The van der Waals surface area contributed by atoms with E-state index in [4.69, 9.17) is 4.74 Å². The first kappa shape index (κ1) is 12.3. The minimum absolute atomic E-state index is 0.0332. The lowest BCUT2D eigenvalue weighted by atomic mass is 10.2. The van der Waals surface area contributed by atoms with Gasteiger partial charge in [0.2, 0.25) is 5.91 Å². The maximum absolute atomic E-state index is 11.4. The Kier molecular flexibility index (Phi) is 4.58. The van der Waals surface area contributed by atoms with Crippen molar-refractivity contribution < 1.29 is 9.53 Å². The molecule has 86 valence electrons. The van der Waals surface area contributed by atoms with Gasteiger partial charge in [-0.2, -0.15) is 0 Å². The molecule has 1 rings (SSSR count). The van der Waals surface area contributed by atoms with Crippen molar-refractivity contribution >= 4 is 5.91 Å². The molecule has 0 aliphatic carbocycles. The molecule has 0 aliphatic rings. The minimum atomic E-state index is 0.0332. The van der Waals surface area contributed by atoms with Crippen LogP contribution in [-0.4, -0.2) is 24.5 Å². The molecule has 0 fully saturated rings. The standard InChI is InChI=1S/C13H17NO2/c1-4-9-14(11(2)15)10-12-7-5-6-8-13(12)16-3/h4-8H,1,9-10H2,2-3H3. The zero-order valence-electron chi connectivity index (χ0n) is 9.77. The number of amides is 1. The summed E-state index contributed by atoms with van der Waals surface area (Å²) in [5, 5.41) is 0. The lowest BCUT2D eigenvalue weighted by Gasteiger charge is -2.20. The number of ether oxygens (including phenoxy) is 1. The molecule has 0 saturated carbocycles. The van der Waals surface area contributed by atoms with Crippen LogP contribution in [0.5, 0.6) is 5.75 Å². The first-order valence-electron chi connectivity index (χ1n) is 5.17. The van der Waals surface area contributed by atoms with Crippen molar-refractivity contribution in [1.29, 1.82) is 0 Å². The fraction of sp³-hybridized carbons (Fsp3) is 0.308. The maximum atomic E-state index is 11.4. The van der Waals surface area contributed by atoms with Crippen molar-refractivity contribution in [3.63, 3.8) is 0 Å². The van der Waals surface area contributed by atoms with Crippen molar-refractivity contribution in [2.24, 2.45) is 0 Å². The molecule has 0 aliphatic heterocycles. The number of benzene rings is 1. The van der Waals surface area contributed by atoms with E-state index in [0.717, 1.165) is 11.3 Å². The van der Waals surface area contributed by atoms with Gasteiger partial charge in [0.15, 0.2) is 0 Å².